The number of Topliss-reactive ketones (excluding diaryl/α,β-unsaturated/α-hetero) is 1. The summed E-state index contributed by atoms with van der Waals surface area (Å²) in [4.78, 5) is 11.5. The van der Waals surface area contributed by atoms with Gasteiger partial charge < -0.3 is 9.47 Å². The number of hydrogen-bond acceptors (Lipinski definition) is 3. The molecule has 3 nitrogen and oxygen atoms in total. The fraction of sp³-hybridized carbons (Fsp3) is 0.900. The van der Waals surface area contributed by atoms with Crippen LogP contribution in [-0.2, 0) is 14.3 Å². The lowest BCUT2D eigenvalue weighted by molar-refractivity contribution is -0.309. The fourth-order valence-corrected chi connectivity index (χ4v) is 2.74. The predicted octanol–water partition coefficient (Wildman–Crippen LogP) is 1.36. The Hall–Kier alpha value is -0.410. The van der Waals surface area contributed by atoms with Gasteiger partial charge in [-0.2, -0.15) is 0 Å². The summed E-state index contributed by atoms with van der Waals surface area (Å²) in [5.74, 6) is 0.485. The Balaban J connectivity index is 2.10. The van der Waals surface area contributed by atoms with Crippen molar-refractivity contribution in [2.24, 2.45) is 11.8 Å². The Morgan fingerprint density at radius 2 is 2.08 bits per heavy atom. The van der Waals surface area contributed by atoms with Crippen LogP contribution in [0.3, 0.4) is 0 Å². The number of carbonyl (C=O) groups excluding carboxylic acids is 1. The van der Waals surface area contributed by atoms with Crippen molar-refractivity contribution in [3.05, 3.63) is 0 Å². The number of fused-ring (bicyclic) bond motifs is 1. The van der Waals surface area contributed by atoms with E-state index in [0.29, 0.717) is 11.7 Å². The van der Waals surface area contributed by atoms with E-state index < -0.39 is 5.79 Å². The molecule has 0 aliphatic heterocycles. The van der Waals surface area contributed by atoms with Crippen LogP contribution >= 0.6 is 0 Å². The van der Waals surface area contributed by atoms with E-state index in [1.54, 1.807) is 14.2 Å². The minimum Gasteiger partial charge on any atom is -0.353 e. The van der Waals surface area contributed by atoms with E-state index in [0.717, 1.165) is 25.7 Å². The number of ether oxygens (including phenoxy) is 2. The molecule has 2 atom stereocenters. The zero-order valence-corrected chi connectivity index (χ0v) is 8.21. The molecule has 2 aliphatic rings. The quantitative estimate of drug-likeness (QED) is 0.608. The van der Waals surface area contributed by atoms with Gasteiger partial charge in [-0.1, -0.05) is 0 Å². The van der Waals surface area contributed by atoms with Crippen molar-refractivity contribution in [2.45, 2.75) is 31.5 Å². The molecule has 2 fully saturated rings. The molecule has 0 N–H and O–H groups in total. The average Bonchev–Trinajstić information content (AvgIpc) is 2.11. The summed E-state index contributed by atoms with van der Waals surface area (Å²) in [5, 5.41) is 0. The molecule has 2 aliphatic carbocycles. The van der Waals surface area contributed by atoms with Crippen molar-refractivity contribution in [3.63, 3.8) is 0 Å². The Morgan fingerprint density at radius 3 is 2.69 bits per heavy atom. The van der Waals surface area contributed by atoms with Crippen LogP contribution in [0.15, 0.2) is 0 Å². The van der Waals surface area contributed by atoms with Crippen LogP contribution in [-0.4, -0.2) is 25.8 Å². The third kappa shape index (κ3) is 1.14. The first-order valence-electron chi connectivity index (χ1n) is 4.86. The lowest BCUT2D eigenvalue weighted by Crippen LogP contribution is -2.60. The number of rotatable bonds is 2. The molecule has 0 aromatic carbocycles. The Bertz CT molecular complexity index is 220. The molecule has 0 heterocycles. The van der Waals surface area contributed by atoms with Crippen LogP contribution in [0.4, 0.5) is 0 Å². The van der Waals surface area contributed by atoms with Crippen LogP contribution in [0.5, 0.6) is 0 Å². The standard InChI is InChI=1S/C10H16O3/c1-12-10(13-2)6-7-8(10)4-3-5-9(7)11/h7-8H,3-6H2,1-2H3. The maximum atomic E-state index is 11.5. The SMILES string of the molecule is COC1(OC)CC2C(=O)CCCC21. The third-order valence-electron chi connectivity index (χ3n) is 3.60. The maximum Gasteiger partial charge on any atom is 0.171 e. The Morgan fingerprint density at radius 1 is 1.38 bits per heavy atom. The molecule has 0 aromatic heterocycles. The van der Waals surface area contributed by atoms with Crippen molar-refractivity contribution >= 4 is 5.78 Å². The molecule has 3 heteroatoms. The normalized spacial score (nSPS) is 36.6. The summed E-state index contributed by atoms with van der Waals surface area (Å²) < 4.78 is 10.7. The Kier molecular flexibility index (Phi) is 2.16. The topological polar surface area (TPSA) is 35.5 Å². The summed E-state index contributed by atoms with van der Waals surface area (Å²) in [6, 6.07) is 0. The van der Waals surface area contributed by atoms with Crippen molar-refractivity contribution in [1.82, 2.24) is 0 Å². The maximum absolute atomic E-state index is 11.5. The zero-order chi connectivity index (χ0) is 9.47. The number of ketones is 1. The predicted molar refractivity (Wildman–Crippen MR) is 47.2 cm³/mol. The lowest BCUT2D eigenvalue weighted by atomic mass is 9.60. The highest BCUT2D eigenvalue weighted by atomic mass is 16.7. The smallest absolute Gasteiger partial charge is 0.171 e. The van der Waals surface area contributed by atoms with Gasteiger partial charge in [-0.25, -0.2) is 0 Å². The van der Waals surface area contributed by atoms with Gasteiger partial charge in [0.15, 0.2) is 5.79 Å². The highest BCUT2D eigenvalue weighted by molar-refractivity contribution is 5.83. The first-order chi connectivity index (χ1) is 6.23. The number of hydrogen-bond donors (Lipinski definition) is 0. The molecule has 13 heavy (non-hydrogen) atoms. The van der Waals surface area contributed by atoms with Gasteiger partial charge in [-0.05, 0) is 12.8 Å². The van der Waals surface area contributed by atoms with Gasteiger partial charge in [0.25, 0.3) is 0 Å². The summed E-state index contributed by atoms with van der Waals surface area (Å²) in [7, 11) is 3.33. The highest BCUT2D eigenvalue weighted by Gasteiger charge is 2.58. The summed E-state index contributed by atoms with van der Waals surface area (Å²) in [6.07, 6.45) is 3.57. The molecule has 0 spiro atoms. The zero-order valence-electron chi connectivity index (χ0n) is 8.21. The van der Waals surface area contributed by atoms with Gasteiger partial charge >= 0.3 is 0 Å². The largest absolute Gasteiger partial charge is 0.353 e. The second-order valence-electron chi connectivity index (χ2n) is 4.00. The summed E-state index contributed by atoms with van der Waals surface area (Å²) >= 11 is 0. The highest BCUT2D eigenvalue weighted by Crippen LogP contribution is 2.52. The van der Waals surface area contributed by atoms with E-state index in [4.69, 9.17) is 9.47 Å². The minimum absolute atomic E-state index is 0.216. The van der Waals surface area contributed by atoms with E-state index >= 15 is 0 Å². The van der Waals surface area contributed by atoms with Crippen LogP contribution in [0.1, 0.15) is 25.7 Å². The van der Waals surface area contributed by atoms with E-state index in [1.807, 2.05) is 0 Å². The molecule has 0 amide bonds. The van der Waals surface area contributed by atoms with Gasteiger partial charge in [0.1, 0.15) is 5.78 Å². The molecule has 0 saturated heterocycles. The molecule has 0 bridgehead atoms. The number of carbonyl (C=O) groups is 1. The minimum atomic E-state index is -0.444. The third-order valence-corrected chi connectivity index (χ3v) is 3.60. The monoisotopic (exact) mass is 184 g/mol. The lowest BCUT2D eigenvalue weighted by Gasteiger charge is -2.54. The van der Waals surface area contributed by atoms with Crippen molar-refractivity contribution in [3.8, 4) is 0 Å². The van der Waals surface area contributed by atoms with Gasteiger partial charge in [0, 0.05) is 38.9 Å². The van der Waals surface area contributed by atoms with Crippen LogP contribution < -0.4 is 0 Å². The fourth-order valence-electron chi connectivity index (χ4n) is 2.74. The second kappa shape index (κ2) is 3.07. The van der Waals surface area contributed by atoms with Gasteiger partial charge in [0.05, 0.1) is 0 Å². The molecule has 74 valence electrons. The van der Waals surface area contributed by atoms with Gasteiger partial charge in [-0.15, -0.1) is 0 Å². The molecular weight excluding hydrogens is 168 g/mol. The summed E-state index contributed by atoms with van der Waals surface area (Å²) in [6.45, 7) is 0. The van der Waals surface area contributed by atoms with Crippen molar-refractivity contribution in [2.75, 3.05) is 14.2 Å². The first kappa shape index (κ1) is 9.16. The number of methoxy groups -OCH3 is 2. The van der Waals surface area contributed by atoms with Crippen LogP contribution in [0.25, 0.3) is 0 Å². The molecular formula is C10H16O3. The molecule has 2 saturated carbocycles. The second-order valence-corrected chi connectivity index (χ2v) is 4.00. The van der Waals surface area contributed by atoms with Crippen LogP contribution in [0, 0.1) is 11.8 Å². The molecule has 0 radical (unpaired) electrons. The molecule has 0 aromatic rings. The van der Waals surface area contributed by atoms with E-state index in [9.17, 15) is 4.79 Å². The first-order valence-corrected chi connectivity index (χ1v) is 4.86. The van der Waals surface area contributed by atoms with Crippen molar-refractivity contribution < 1.29 is 14.3 Å². The molecule has 2 rings (SSSR count). The van der Waals surface area contributed by atoms with E-state index in [2.05, 4.69) is 0 Å². The van der Waals surface area contributed by atoms with E-state index in [-0.39, 0.29) is 5.92 Å². The molecule has 2 unspecified atom stereocenters. The van der Waals surface area contributed by atoms with Crippen molar-refractivity contribution in [1.29, 1.82) is 0 Å². The van der Waals surface area contributed by atoms with Crippen LogP contribution in [0.2, 0.25) is 0 Å². The average molecular weight is 184 g/mol. The summed E-state index contributed by atoms with van der Waals surface area (Å²) in [5.41, 5.74) is 0. The Labute approximate surface area is 78.4 Å². The van der Waals surface area contributed by atoms with Gasteiger partial charge in [0.2, 0.25) is 0 Å². The van der Waals surface area contributed by atoms with Gasteiger partial charge in [-0.3, -0.25) is 4.79 Å². The van der Waals surface area contributed by atoms with E-state index in [1.165, 1.54) is 0 Å².